The van der Waals surface area contributed by atoms with E-state index in [1.165, 1.54) is 57.8 Å². The fourth-order valence-electron chi connectivity index (χ4n) is 4.08. The van der Waals surface area contributed by atoms with Crippen LogP contribution in [-0.4, -0.2) is 22.9 Å². The summed E-state index contributed by atoms with van der Waals surface area (Å²) in [5, 5.41) is 0. The molecule has 3 aliphatic rings. The van der Waals surface area contributed by atoms with Gasteiger partial charge in [0.15, 0.2) is 0 Å². The maximum atomic E-state index is 12.7. The van der Waals surface area contributed by atoms with Gasteiger partial charge < -0.3 is 4.90 Å². The highest BCUT2D eigenvalue weighted by Gasteiger charge is 2.38. The molecular formula is C18H29NO. The van der Waals surface area contributed by atoms with Gasteiger partial charge in [0.1, 0.15) is 0 Å². The third-order valence-electron chi connectivity index (χ3n) is 5.56. The first-order valence-electron chi connectivity index (χ1n) is 8.75. The molecule has 20 heavy (non-hydrogen) atoms. The third-order valence-corrected chi connectivity index (χ3v) is 5.56. The molecule has 112 valence electrons. The van der Waals surface area contributed by atoms with Gasteiger partial charge in [0.25, 0.3) is 0 Å². The van der Waals surface area contributed by atoms with Gasteiger partial charge in [0.05, 0.1) is 0 Å². The van der Waals surface area contributed by atoms with Crippen LogP contribution in [0.2, 0.25) is 0 Å². The van der Waals surface area contributed by atoms with Gasteiger partial charge in [-0.2, -0.15) is 0 Å². The minimum atomic E-state index is 0.448. The maximum Gasteiger partial charge on any atom is 0.223 e. The minimum Gasteiger partial charge on any atom is -0.337 e. The highest BCUT2D eigenvalue weighted by Crippen LogP contribution is 2.37. The van der Waals surface area contributed by atoms with E-state index in [-0.39, 0.29) is 0 Å². The van der Waals surface area contributed by atoms with Crippen LogP contribution in [0.1, 0.15) is 71.1 Å². The Morgan fingerprint density at radius 2 is 1.70 bits per heavy atom. The number of hydrogen-bond donors (Lipinski definition) is 0. The second-order valence-corrected chi connectivity index (χ2v) is 7.08. The van der Waals surface area contributed by atoms with Gasteiger partial charge >= 0.3 is 0 Å². The summed E-state index contributed by atoms with van der Waals surface area (Å²) in [7, 11) is 0. The summed E-state index contributed by atoms with van der Waals surface area (Å²) in [6.07, 6.45) is 16.6. The Morgan fingerprint density at radius 3 is 2.20 bits per heavy atom. The van der Waals surface area contributed by atoms with Crippen molar-refractivity contribution in [3.05, 3.63) is 12.2 Å². The van der Waals surface area contributed by atoms with Gasteiger partial charge in [-0.3, -0.25) is 4.79 Å². The lowest BCUT2D eigenvalue weighted by Gasteiger charge is -2.37. The van der Waals surface area contributed by atoms with Crippen LogP contribution in [0.3, 0.4) is 0 Å². The fourth-order valence-corrected chi connectivity index (χ4v) is 4.08. The van der Waals surface area contributed by atoms with Crippen LogP contribution < -0.4 is 0 Å². The first-order valence-corrected chi connectivity index (χ1v) is 8.75. The lowest BCUT2D eigenvalue weighted by Crippen LogP contribution is -2.44. The zero-order valence-corrected chi connectivity index (χ0v) is 12.9. The van der Waals surface area contributed by atoms with E-state index < -0.39 is 0 Å². The molecule has 0 bridgehead atoms. The Balaban J connectivity index is 1.57. The molecule has 3 rings (SSSR count). The van der Waals surface area contributed by atoms with Gasteiger partial charge in [0, 0.05) is 18.5 Å². The summed E-state index contributed by atoms with van der Waals surface area (Å²) in [6, 6.07) is 1.15. The first kappa shape index (κ1) is 14.2. The molecule has 1 amide bonds. The number of amides is 1. The van der Waals surface area contributed by atoms with E-state index in [1.54, 1.807) is 0 Å². The first-order chi connectivity index (χ1) is 9.78. The van der Waals surface area contributed by atoms with E-state index in [0.29, 0.717) is 23.9 Å². The molecule has 0 radical (unpaired) electrons. The van der Waals surface area contributed by atoms with Gasteiger partial charge in [-0.25, -0.2) is 0 Å². The van der Waals surface area contributed by atoms with E-state index >= 15 is 0 Å². The van der Waals surface area contributed by atoms with Crippen molar-refractivity contribution in [3.63, 3.8) is 0 Å². The van der Waals surface area contributed by atoms with Crippen molar-refractivity contribution in [2.45, 2.75) is 83.2 Å². The van der Waals surface area contributed by atoms with Crippen LogP contribution in [0.4, 0.5) is 0 Å². The monoisotopic (exact) mass is 275 g/mol. The number of nitrogens with zero attached hydrogens (tertiary/aromatic N) is 1. The van der Waals surface area contributed by atoms with Crippen LogP contribution in [0, 0.1) is 11.8 Å². The van der Waals surface area contributed by atoms with Crippen LogP contribution in [0.25, 0.3) is 0 Å². The Labute approximate surface area is 123 Å². The second kappa shape index (κ2) is 6.32. The molecule has 0 saturated heterocycles. The highest BCUT2D eigenvalue weighted by atomic mass is 16.2. The number of allylic oxidation sites excluding steroid dienone is 2. The zero-order chi connectivity index (χ0) is 13.9. The van der Waals surface area contributed by atoms with Crippen LogP contribution in [0.15, 0.2) is 12.2 Å². The summed E-state index contributed by atoms with van der Waals surface area (Å²) >= 11 is 0. The smallest absolute Gasteiger partial charge is 0.223 e. The standard InChI is InChI=1S/C18H29NO/c1-2-14-7-9-16(10-8-14)19(17-11-12-17)18(20)13-15-5-3-4-6-15/h3,5,14-17H,2,4,6-13H2,1H3. The summed E-state index contributed by atoms with van der Waals surface area (Å²) in [5.41, 5.74) is 0. The summed E-state index contributed by atoms with van der Waals surface area (Å²) in [5.74, 6) is 1.89. The molecule has 1 unspecified atom stereocenters. The number of carbonyl (C=O) groups is 1. The van der Waals surface area contributed by atoms with Gasteiger partial charge in [-0.1, -0.05) is 25.5 Å². The quantitative estimate of drug-likeness (QED) is 0.685. The predicted octanol–water partition coefficient (Wildman–Crippen LogP) is 4.30. The van der Waals surface area contributed by atoms with Crippen LogP contribution in [0.5, 0.6) is 0 Å². The molecule has 2 fully saturated rings. The molecule has 3 aliphatic carbocycles. The molecule has 1 atom stereocenters. The van der Waals surface area contributed by atoms with E-state index in [1.807, 2.05) is 0 Å². The molecule has 0 aliphatic heterocycles. The fraction of sp³-hybridized carbons (Fsp3) is 0.833. The normalized spacial score (nSPS) is 33.4. The predicted molar refractivity (Wildman–Crippen MR) is 82.4 cm³/mol. The number of carbonyl (C=O) groups excluding carboxylic acids is 1. The molecule has 0 aromatic carbocycles. The average Bonchev–Trinajstić information content (AvgIpc) is 3.16. The topological polar surface area (TPSA) is 20.3 Å². The lowest BCUT2D eigenvalue weighted by atomic mass is 9.83. The second-order valence-electron chi connectivity index (χ2n) is 7.08. The maximum absolute atomic E-state index is 12.7. The van der Waals surface area contributed by atoms with Crippen molar-refractivity contribution in [2.24, 2.45) is 11.8 Å². The van der Waals surface area contributed by atoms with Crippen LogP contribution in [-0.2, 0) is 4.79 Å². The van der Waals surface area contributed by atoms with E-state index in [2.05, 4.69) is 24.0 Å². The van der Waals surface area contributed by atoms with Crippen LogP contribution >= 0.6 is 0 Å². The summed E-state index contributed by atoms with van der Waals surface area (Å²) in [6.45, 7) is 2.31. The Kier molecular flexibility index (Phi) is 4.48. The molecule has 2 saturated carbocycles. The number of hydrogen-bond acceptors (Lipinski definition) is 1. The Bertz CT molecular complexity index is 364. The van der Waals surface area contributed by atoms with Crippen molar-refractivity contribution in [1.29, 1.82) is 0 Å². The van der Waals surface area contributed by atoms with Crippen molar-refractivity contribution >= 4 is 5.91 Å². The summed E-state index contributed by atoms with van der Waals surface area (Å²) < 4.78 is 0. The Hall–Kier alpha value is -0.790. The molecule has 0 heterocycles. The van der Waals surface area contributed by atoms with Gasteiger partial charge in [-0.15, -0.1) is 0 Å². The van der Waals surface area contributed by atoms with Crippen molar-refractivity contribution in [3.8, 4) is 0 Å². The van der Waals surface area contributed by atoms with Crippen molar-refractivity contribution in [1.82, 2.24) is 4.90 Å². The molecule has 0 aromatic rings. The van der Waals surface area contributed by atoms with Crippen molar-refractivity contribution < 1.29 is 4.79 Å². The summed E-state index contributed by atoms with van der Waals surface area (Å²) in [4.78, 5) is 15.0. The van der Waals surface area contributed by atoms with E-state index in [9.17, 15) is 4.79 Å². The zero-order valence-electron chi connectivity index (χ0n) is 12.9. The van der Waals surface area contributed by atoms with E-state index in [4.69, 9.17) is 0 Å². The number of rotatable bonds is 5. The molecule has 2 heteroatoms. The van der Waals surface area contributed by atoms with E-state index in [0.717, 1.165) is 12.3 Å². The highest BCUT2D eigenvalue weighted by molar-refractivity contribution is 5.77. The largest absolute Gasteiger partial charge is 0.337 e. The third kappa shape index (κ3) is 3.27. The molecule has 0 spiro atoms. The molecule has 0 N–H and O–H groups in total. The minimum absolute atomic E-state index is 0.448. The van der Waals surface area contributed by atoms with Gasteiger partial charge in [0.2, 0.25) is 5.91 Å². The average molecular weight is 275 g/mol. The Morgan fingerprint density at radius 1 is 1.05 bits per heavy atom. The van der Waals surface area contributed by atoms with Gasteiger partial charge in [-0.05, 0) is 63.2 Å². The SMILES string of the molecule is CCC1CCC(N(C(=O)CC2C=CCC2)C2CC2)CC1. The molecule has 2 nitrogen and oxygen atoms in total. The molecular weight excluding hydrogens is 246 g/mol. The lowest BCUT2D eigenvalue weighted by molar-refractivity contribution is -0.135. The van der Waals surface area contributed by atoms with Crippen molar-refractivity contribution in [2.75, 3.05) is 0 Å². The molecule has 0 aromatic heterocycles.